The molecule has 0 aliphatic heterocycles. The fraction of sp³-hybridized carbons (Fsp3) is 0.214. The molecule has 19 heavy (non-hydrogen) atoms. The Morgan fingerprint density at radius 1 is 1.21 bits per heavy atom. The average molecular weight is 279 g/mol. The first-order valence-electron chi connectivity index (χ1n) is 5.80. The van der Waals surface area contributed by atoms with Crippen LogP contribution in [0.3, 0.4) is 0 Å². The van der Waals surface area contributed by atoms with Gasteiger partial charge in [0.25, 0.3) is 0 Å². The lowest BCUT2D eigenvalue weighted by molar-refractivity contribution is 0.184. The van der Waals surface area contributed by atoms with E-state index in [9.17, 15) is 0 Å². The number of ether oxygens (including phenoxy) is 2. The van der Waals surface area contributed by atoms with E-state index in [-0.39, 0.29) is 6.61 Å². The molecule has 5 heteroatoms. The van der Waals surface area contributed by atoms with Crippen molar-refractivity contribution in [1.29, 1.82) is 0 Å². The van der Waals surface area contributed by atoms with Gasteiger partial charge in [0.1, 0.15) is 18.2 Å². The maximum absolute atomic E-state index is 6.03. The Kier molecular flexibility index (Phi) is 4.60. The number of halogens is 1. The Hall–Kier alpha value is -1.78. The van der Waals surface area contributed by atoms with Crippen molar-refractivity contribution in [2.24, 2.45) is 0 Å². The third kappa shape index (κ3) is 3.84. The van der Waals surface area contributed by atoms with Crippen LogP contribution >= 0.6 is 11.6 Å². The average Bonchev–Trinajstić information content (AvgIpc) is 2.41. The Bertz CT molecular complexity index is 561. The van der Waals surface area contributed by atoms with E-state index < -0.39 is 0 Å². The summed E-state index contributed by atoms with van der Waals surface area (Å²) in [6, 6.07) is 11.1. The van der Waals surface area contributed by atoms with Gasteiger partial charge in [0.15, 0.2) is 0 Å². The summed E-state index contributed by atoms with van der Waals surface area (Å²) in [5.74, 6) is 1.17. The molecule has 0 atom stereocenters. The van der Waals surface area contributed by atoms with Crippen LogP contribution in [-0.2, 0) is 18.0 Å². The van der Waals surface area contributed by atoms with E-state index >= 15 is 0 Å². The number of hydrogen-bond donors (Lipinski definition) is 1. The lowest BCUT2D eigenvalue weighted by atomic mass is 10.2. The van der Waals surface area contributed by atoms with Crippen molar-refractivity contribution >= 4 is 17.4 Å². The molecule has 1 aromatic carbocycles. The van der Waals surface area contributed by atoms with Crippen LogP contribution in [0.2, 0.25) is 5.02 Å². The number of pyridine rings is 1. The molecule has 0 unspecified atom stereocenters. The summed E-state index contributed by atoms with van der Waals surface area (Å²) in [5, 5.41) is 0.544. The maximum atomic E-state index is 6.03. The fourth-order valence-corrected chi connectivity index (χ4v) is 1.81. The summed E-state index contributed by atoms with van der Waals surface area (Å²) in [7, 11) is 1.66. The quantitative estimate of drug-likeness (QED) is 0.913. The van der Waals surface area contributed by atoms with Gasteiger partial charge in [-0.25, -0.2) is 4.98 Å². The first kappa shape index (κ1) is 13.6. The van der Waals surface area contributed by atoms with E-state index in [1.165, 1.54) is 0 Å². The molecule has 0 aliphatic rings. The van der Waals surface area contributed by atoms with Gasteiger partial charge in [-0.05, 0) is 29.8 Å². The number of benzene rings is 1. The second-order valence-corrected chi connectivity index (χ2v) is 4.44. The summed E-state index contributed by atoms with van der Waals surface area (Å²) in [6.45, 7) is 0.828. The van der Waals surface area contributed by atoms with Gasteiger partial charge in [0, 0.05) is 7.11 Å². The number of nitrogens with two attached hydrogens (primary N) is 1. The van der Waals surface area contributed by atoms with Crippen LogP contribution in [-0.4, -0.2) is 12.1 Å². The molecule has 4 nitrogen and oxygen atoms in total. The van der Waals surface area contributed by atoms with Crippen molar-refractivity contribution < 1.29 is 9.47 Å². The Morgan fingerprint density at radius 2 is 2.05 bits per heavy atom. The molecular formula is C14H15ClN2O2. The highest BCUT2D eigenvalue weighted by molar-refractivity contribution is 6.31. The molecule has 0 spiro atoms. The zero-order valence-corrected chi connectivity index (χ0v) is 11.4. The van der Waals surface area contributed by atoms with Gasteiger partial charge in [0.05, 0.1) is 17.3 Å². The minimum atomic E-state index is 0.278. The van der Waals surface area contributed by atoms with Gasteiger partial charge in [-0.2, -0.15) is 0 Å². The summed E-state index contributed by atoms with van der Waals surface area (Å²) >= 11 is 6.03. The van der Waals surface area contributed by atoms with Crippen LogP contribution in [0.1, 0.15) is 11.3 Å². The molecule has 2 rings (SSSR count). The molecule has 0 fully saturated rings. The first-order chi connectivity index (χ1) is 9.19. The number of nitrogens with zero attached hydrogens (tertiary/aromatic N) is 1. The van der Waals surface area contributed by atoms with E-state index in [4.69, 9.17) is 26.8 Å². The van der Waals surface area contributed by atoms with Crippen LogP contribution in [0, 0.1) is 0 Å². The second kappa shape index (κ2) is 6.41. The molecule has 0 radical (unpaired) electrons. The molecule has 0 saturated carbocycles. The van der Waals surface area contributed by atoms with Crippen molar-refractivity contribution in [2.75, 3.05) is 12.8 Å². The zero-order chi connectivity index (χ0) is 13.7. The molecule has 1 aromatic heterocycles. The molecule has 0 amide bonds. The number of methoxy groups -OCH3 is 1. The minimum Gasteiger partial charge on any atom is -0.487 e. The van der Waals surface area contributed by atoms with Crippen LogP contribution in [0.15, 0.2) is 36.4 Å². The number of nitrogen functional groups attached to an aromatic ring is 1. The van der Waals surface area contributed by atoms with Crippen LogP contribution < -0.4 is 10.5 Å². The lowest BCUT2D eigenvalue weighted by Crippen LogP contribution is -2.02. The summed E-state index contributed by atoms with van der Waals surface area (Å²) in [4.78, 5) is 4.14. The van der Waals surface area contributed by atoms with E-state index in [1.807, 2.05) is 24.3 Å². The topological polar surface area (TPSA) is 57.4 Å². The van der Waals surface area contributed by atoms with Gasteiger partial charge in [0.2, 0.25) is 0 Å². The van der Waals surface area contributed by atoms with E-state index in [2.05, 4.69) is 4.98 Å². The van der Waals surface area contributed by atoms with Crippen molar-refractivity contribution in [2.45, 2.75) is 13.2 Å². The largest absolute Gasteiger partial charge is 0.487 e. The highest BCUT2D eigenvalue weighted by Gasteiger charge is 2.04. The van der Waals surface area contributed by atoms with Crippen molar-refractivity contribution in [3.05, 3.63) is 52.7 Å². The van der Waals surface area contributed by atoms with Crippen LogP contribution in [0.5, 0.6) is 5.75 Å². The van der Waals surface area contributed by atoms with E-state index in [1.54, 1.807) is 19.2 Å². The zero-order valence-electron chi connectivity index (χ0n) is 10.6. The van der Waals surface area contributed by atoms with Gasteiger partial charge in [-0.3, -0.25) is 0 Å². The maximum Gasteiger partial charge on any atom is 0.132 e. The van der Waals surface area contributed by atoms with Crippen molar-refractivity contribution in [3.8, 4) is 5.75 Å². The Balaban J connectivity index is 2.05. The predicted octanol–water partition coefficient (Wildman–Crippen LogP) is 3.04. The molecule has 0 aliphatic carbocycles. The minimum absolute atomic E-state index is 0.278. The third-order valence-electron chi connectivity index (χ3n) is 2.53. The van der Waals surface area contributed by atoms with E-state index in [0.717, 1.165) is 11.3 Å². The molecule has 1 heterocycles. The van der Waals surface area contributed by atoms with Crippen LogP contribution in [0.4, 0.5) is 5.82 Å². The number of hydrogen-bond acceptors (Lipinski definition) is 4. The molecule has 2 aromatic rings. The predicted molar refractivity (Wildman–Crippen MR) is 75.1 cm³/mol. The SMILES string of the molecule is COCc1cccc(OCc2nc(N)ccc2Cl)c1. The lowest BCUT2D eigenvalue weighted by Gasteiger charge is -2.09. The van der Waals surface area contributed by atoms with Crippen molar-refractivity contribution in [1.82, 2.24) is 4.98 Å². The summed E-state index contributed by atoms with van der Waals surface area (Å²) in [5.41, 5.74) is 7.29. The Labute approximate surface area is 117 Å². The molecule has 0 saturated heterocycles. The van der Waals surface area contributed by atoms with E-state index in [0.29, 0.717) is 23.1 Å². The Morgan fingerprint density at radius 3 is 2.84 bits per heavy atom. The fourth-order valence-electron chi connectivity index (χ4n) is 1.65. The normalized spacial score (nSPS) is 10.4. The highest BCUT2D eigenvalue weighted by atomic mass is 35.5. The summed E-state index contributed by atoms with van der Waals surface area (Å²) < 4.78 is 10.7. The molecule has 100 valence electrons. The highest BCUT2D eigenvalue weighted by Crippen LogP contribution is 2.19. The number of aromatic nitrogens is 1. The molecule has 0 bridgehead atoms. The van der Waals surface area contributed by atoms with Gasteiger partial charge < -0.3 is 15.2 Å². The standard InChI is InChI=1S/C14H15ClN2O2/c1-18-8-10-3-2-4-11(7-10)19-9-13-12(15)5-6-14(16)17-13/h2-7H,8-9H2,1H3,(H2,16,17). The first-order valence-corrected chi connectivity index (χ1v) is 6.18. The van der Waals surface area contributed by atoms with Crippen LogP contribution in [0.25, 0.3) is 0 Å². The summed E-state index contributed by atoms with van der Waals surface area (Å²) in [6.07, 6.45) is 0. The monoisotopic (exact) mass is 278 g/mol. The van der Waals surface area contributed by atoms with Gasteiger partial charge >= 0.3 is 0 Å². The van der Waals surface area contributed by atoms with Gasteiger partial charge in [-0.1, -0.05) is 23.7 Å². The second-order valence-electron chi connectivity index (χ2n) is 4.03. The van der Waals surface area contributed by atoms with Gasteiger partial charge in [-0.15, -0.1) is 0 Å². The number of anilines is 1. The number of rotatable bonds is 5. The molecule has 2 N–H and O–H groups in total. The van der Waals surface area contributed by atoms with Crippen molar-refractivity contribution in [3.63, 3.8) is 0 Å². The smallest absolute Gasteiger partial charge is 0.132 e. The molecular weight excluding hydrogens is 264 g/mol. The third-order valence-corrected chi connectivity index (χ3v) is 2.87.